The summed E-state index contributed by atoms with van der Waals surface area (Å²) < 4.78 is 0. The van der Waals surface area contributed by atoms with Gasteiger partial charge in [-0.25, -0.2) is 0 Å². The van der Waals surface area contributed by atoms with Crippen molar-refractivity contribution < 1.29 is 14.7 Å². The first-order valence-corrected chi connectivity index (χ1v) is 7.78. The molecule has 2 aliphatic heterocycles. The second-order valence-electron chi connectivity index (χ2n) is 6.59. The summed E-state index contributed by atoms with van der Waals surface area (Å²) in [6.07, 6.45) is 3.31. The highest BCUT2D eigenvalue weighted by Gasteiger charge is 2.44. The van der Waals surface area contributed by atoms with Crippen LogP contribution in [0.3, 0.4) is 0 Å². The molecule has 2 saturated heterocycles. The lowest BCUT2D eigenvalue weighted by molar-refractivity contribution is -0.139. The van der Waals surface area contributed by atoms with Gasteiger partial charge in [0.2, 0.25) is 11.8 Å². The Morgan fingerprint density at radius 2 is 1.70 bits per heavy atom. The van der Waals surface area contributed by atoms with Crippen LogP contribution in [0.2, 0.25) is 0 Å². The van der Waals surface area contributed by atoms with Gasteiger partial charge in [0.25, 0.3) is 0 Å². The predicted octanol–water partition coefficient (Wildman–Crippen LogP) is 0.474. The molecule has 1 N–H and O–H groups in total. The Morgan fingerprint density at radius 1 is 1.00 bits per heavy atom. The number of likely N-dealkylation sites (tertiary alicyclic amines) is 2. The molecular weight excluding hydrogens is 256 g/mol. The van der Waals surface area contributed by atoms with Gasteiger partial charge in [0.15, 0.2) is 0 Å². The van der Waals surface area contributed by atoms with Crippen LogP contribution in [-0.2, 0) is 9.59 Å². The standard InChI is InChI=1S/C15H24N2O3/c1-10(18)16-6-4-11(5-7-16)15(20)17-8-12-2-3-14(19)13(12)9-17/h11-14,19H,2-9H2,1H3. The lowest BCUT2D eigenvalue weighted by Crippen LogP contribution is -2.43. The molecule has 0 aromatic heterocycles. The second kappa shape index (κ2) is 5.35. The topological polar surface area (TPSA) is 60.9 Å². The molecule has 2 amide bonds. The van der Waals surface area contributed by atoms with Crippen molar-refractivity contribution in [2.45, 2.75) is 38.7 Å². The van der Waals surface area contributed by atoms with Crippen molar-refractivity contribution in [3.63, 3.8) is 0 Å². The van der Waals surface area contributed by atoms with Crippen LogP contribution in [0.5, 0.6) is 0 Å². The van der Waals surface area contributed by atoms with Crippen molar-refractivity contribution in [3.8, 4) is 0 Å². The Morgan fingerprint density at radius 3 is 2.30 bits per heavy atom. The van der Waals surface area contributed by atoms with Crippen molar-refractivity contribution >= 4 is 11.8 Å². The number of aliphatic hydroxyl groups excluding tert-OH is 1. The lowest BCUT2D eigenvalue weighted by atomic mass is 9.95. The third-order valence-electron chi connectivity index (χ3n) is 5.42. The molecule has 112 valence electrons. The number of carbonyl (C=O) groups is 2. The number of amides is 2. The molecule has 1 aliphatic carbocycles. The van der Waals surface area contributed by atoms with E-state index in [2.05, 4.69) is 0 Å². The number of fused-ring (bicyclic) bond motifs is 1. The fourth-order valence-electron chi connectivity index (χ4n) is 4.12. The van der Waals surface area contributed by atoms with E-state index in [-0.39, 0.29) is 23.8 Å². The van der Waals surface area contributed by atoms with Gasteiger partial charge in [0.05, 0.1) is 6.10 Å². The molecule has 20 heavy (non-hydrogen) atoms. The number of rotatable bonds is 1. The summed E-state index contributed by atoms with van der Waals surface area (Å²) in [4.78, 5) is 27.6. The molecule has 1 saturated carbocycles. The van der Waals surface area contributed by atoms with Gasteiger partial charge < -0.3 is 14.9 Å². The summed E-state index contributed by atoms with van der Waals surface area (Å²) >= 11 is 0. The van der Waals surface area contributed by atoms with Gasteiger partial charge in [-0.05, 0) is 31.6 Å². The summed E-state index contributed by atoms with van der Waals surface area (Å²) in [5, 5.41) is 9.92. The fourth-order valence-corrected chi connectivity index (χ4v) is 4.12. The quantitative estimate of drug-likeness (QED) is 0.760. The Kier molecular flexibility index (Phi) is 3.71. The van der Waals surface area contributed by atoms with Crippen LogP contribution in [0, 0.1) is 17.8 Å². The minimum absolute atomic E-state index is 0.0709. The Bertz CT molecular complexity index is 404. The Labute approximate surface area is 119 Å². The van der Waals surface area contributed by atoms with Gasteiger partial charge in [-0.3, -0.25) is 9.59 Å². The SMILES string of the molecule is CC(=O)N1CCC(C(=O)N2CC3CCC(O)C3C2)CC1. The van der Waals surface area contributed by atoms with Crippen molar-refractivity contribution in [1.82, 2.24) is 9.80 Å². The smallest absolute Gasteiger partial charge is 0.225 e. The summed E-state index contributed by atoms with van der Waals surface area (Å²) in [6, 6.07) is 0. The monoisotopic (exact) mass is 280 g/mol. The number of piperidine rings is 1. The number of hydrogen-bond acceptors (Lipinski definition) is 3. The maximum atomic E-state index is 12.6. The zero-order valence-electron chi connectivity index (χ0n) is 12.1. The van der Waals surface area contributed by atoms with Crippen LogP contribution in [-0.4, -0.2) is 59.0 Å². The largest absolute Gasteiger partial charge is 0.393 e. The summed E-state index contributed by atoms with van der Waals surface area (Å²) in [5.41, 5.74) is 0. The van der Waals surface area contributed by atoms with Gasteiger partial charge in [0.1, 0.15) is 0 Å². The van der Waals surface area contributed by atoms with E-state index in [4.69, 9.17) is 0 Å². The van der Waals surface area contributed by atoms with Crippen LogP contribution in [0.15, 0.2) is 0 Å². The molecule has 5 heteroatoms. The minimum Gasteiger partial charge on any atom is -0.393 e. The van der Waals surface area contributed by atoms with E-state index < -0.39 is 0 Å². The molecule has 3 atom stereocenters. The molecule has 0 radical (unpaired) electrons. The highest BCUT2D eigenvalue weighted by atomic mass is 16.3. The van der Waals surface area contributed by atoms with E-state index in [1.165, 1.54) is 0 Å². The van der Waals surface area contributed by atoms with Crippen LogP contribution < -0.4 is 0 Å². The normalized spacial score (nSPS) is 34.4. The van der Waals surface area contributed by atoms with E-state index in [9.17, 15) is 14.7 Å². The molecule has 3 aliphatic rings. The van der Waals surface area contributed by atoms with E-state index in [0.29, 0.717) is 24.9 Å². The third-order valence-corrected chi connectivity index (χ3v) is 5.42. The van der Waals surface area contributed by atoms with Gasteiger partial charge >= 0.3 is 0 Å². The highest BCUT2D eigenvalue weighted by Crippen LogP contribution is 2.39. The Balaban J connectivity index is 1.54. The average Bonchev–Trinajstić information content (AvgIpc) is 3.01. The first-order chi connectivity index (χ1) is 9.56. The maximum Gasteiger partial charge on any atom is 0.225 e. The molecule has 0 aromatic carbocycles. The van der Waals surface area contributed by atoms with Gasteiger partial charge in [-0.1, -0.05) is 0 Å². The first-order valence-electron chi connectivity index (χ1n) is 7.78. The number of hydrogen-bond donors (Lipinski definition) is 1. The minimum atomic E-state index is -0.211. The number of aliphatic hydroxyl groups is 1. The number of nitrogens with zero attached hydrogens (tertiary/aromatic N) is 2. The van der Waals surface area contributed by atoms with Crippen LogP contribution in [0.1, 0.15) is 32.6 Å². The zero-order chi connectivity index (χ0) is 14.3. The molecule has 5 nitrogen and oxygen atoms in total. The van der Waals surface area contributed by atoms with Crippen molar-refractivity contribution in [3.05, 3.63) is 0 Å². The molecule has 0 aromatic rings. The van der Waals surface area contributed by atoms with E-state index in [1.54, 1.807) is 6.92 Å². The van der Waals surface area contributed by atoms with Gasteiger partial charge in [0, 0.05) is 44.9 Å². The van der Waals surface area contributed by atoms with Crippen LogP contribution >= 0.6 is 0 Å². The summed E-state index contributed by atoms with van der Waals surface area (Å²) in [5.74, 6) is 1.23. The molecule has 3 unspecified atom stereocenters. The van der Waals surface area contributed by atoms with E-state index >= 15 is 0 Å². The Hall–Kier alpha value is -1.10. The van der Waals surface area contributed by atoms with Crippen molar-refractivity contribution in [2.24, 2.45) is 17.8 Å². The molecule has 0 spiro atoms. The van der Waals surface area contributed by atoms with E-state index in [1.807, 2.05) is 9.80 Å². The third kappa shape index (κ3) is 2.43. The van der Waals surface area contributed by atoms with Crippen LogP contribution in [0.25, 0.3) is 0 Å². The second-order valence-corrected chi connectivity index (χ2v) is 6.59. The highest BCUT2D eigenvalue weighted by molar-refractivity contribution is 5.80. The molecule has 2 heterocycles. The number of carbonyl (C=O) groups excluding carboxylic acids is 2. The summed E-state index contributed by atoms with van der Waals surface area (Å²) in [7, 11) is 0. The fraction of sp³-hybridized carbons (Fsp3) is 0.867. The lowest BCUT2D eigenvalue weighted by Gasteiger charge is -2.32. The summed E-state index contributed by atoms with van der Waals surface area (Å²) in [6.45, 7) is 4.56. The zero-order valence-corrected chi connectivity index (χ0v) is 12.1. The molecule has 3 fully saturated rings. The van der Waals surface area contributed by atoms with Gasteiger partial charge in [-0.2, -0.15) is 0 Å². The average molecular weight is 280 g/mol. The van der Waals surface area contributed by atoms with Crippen molar-refractivity contribution in [1.29, 1.82) is 0 Å². The van der Waals surface area contributed by atoms with E-state index in [0.717, 1.165) is 38.8 Å². The molecule has 3 rings (SSSR count). The van der Waals surface area contributed by atoms with Crippen molar-refractivity contribution in [2.75, 3.05) is 26.2 Å². The van der Waals surface area contributed by atoms with Crippen LogP contribution in [0.4, 0.5) is 0 Å². The molecule has 0 bridgehead atoms. The van der Waals surface area contributed by atoms with Gasteiger partial charge in [-0.15, -0.1) is 0 Å². The molecular formula is C15H24N2O3. The first kappa shape index (κ1) is 13.9. The maximum absolute atomic E-state index is 12.6. The predicted molar refractivity (Wildman–Crippen MR) is 73.8 cm³/mol.